The molecular formula is C16H11F2N3O3. The van der Waals surface area contributed by atoms with Gasteiger partial charge in [-0.15, -0.1) is 0 Å². The molecule has 0 spiro atoms. The first-order valence-corrected chi connectivity index (χ1v) is 6.86. The fourth-order valence-corrected chi connectivity index (χ4v) is 2.05. The average molecular weight is 331 g/mol. The molecule has 2 heterocycles. The van der Waals surface area contributed by atoms with Crippen LogP contribution in [-0.2, 0) is 6.42 Å². The first-order valence-electron chi connectivity index (χ1n) is 6.86. The second-order valence-corrected chi connectivity index (χ2v) is 4.91. The summed E-state index contributed by atoms with van der Waals surface area (Å²) in [5.74, 6) is -2.48. The summed E-state index contributed by atoms with van der Waals surface area (Å²) in [6, 6.07) is 6.49. The third-order valence-electron chi connectivity index (χ3n) is 3.18. The molecule has 0 amide bonds. The first-order chi connectivity index (χ1) is 11.5. The molecule has 122 valence electrons. The van der Waals surface area contributed by atoms with Crippen molar-refractivity contribution in [2.24, 2.45) is 0 Å². The zero-order valence-electron chi connectivity index (χ0n) is 12.2. The van der Waals surface area contributed by atoms with E-state index in [9.17, 15) is 18.7 Å². The van der Waals surface area contributed by atoms with Gasteiger partial charge in [0.2, 0.25) is 11.6 Å². The van der Waals surface area contributed by atoms with Crippen molar-refractivity contribution in [3.05, 3.63) is 77.3 Å². The number of rotatable bonds is 5. The highest BCUT2D eigenvalue weighted by molar-refractivity contribution is 6.05. The number of carbonyl (C=O) groups excluding carboxylic acids is 1. The Morgan fingerprint density at radius 1 is 1.25 bits per heavy atom. The van der Waals surface area contributed by atoms with Crippen LogP contribution in [0, 0.1) is 11.6 Å². The van der Waals surface area contributed by atoms with Crippen molar-refractivity contribution in [1.82, 2.24) is 15.2 Å². The predicted molar refractivity (Wildman–Crippen MR) is 79.2 cm³/mol. The molecule has 0 saturated carbocycles. The van der Waals surface area contributed by atoms with Crippen LogP contribution in [0.1, 0.15) is 27.7 Å². The summed E-state index contributed by atoms with van der Waals surface area (Å²) in [6.45, 7) is 0. The summed E-state index contributed by atoms with van der Waals surface area (Å²) in [5, 5.41) is 15.8. The van der Waals surface area contributed by atoms with Crippen LogP contribution >= 0.6 is 0 Å². The van der Waals surface area contributed by atoms with Gasteiger partial charge in [-0.3, -0.25) is 9.89 Å². The van der Waals surface area contributed by atoms with Gasteiger partial charge in [-0.05, 0) is 29.8 Å². The molecule has 6 nitrogen and oxygen atoms in total. The van der Waals surface area contributed by atoms with E-state index in [2.05, 4.69) is 15.2 Å². The van der Waals surface area contributed by atoms with Gasteiger partial charge in [-0.25, -0.2) is 13.8 Å². The van der Waals surface area contributed by atoms with Crippen molar-refractivity contribution in [2.45, 2.75) is 6.42 Å². The Hall–Kier alpha value is -3.29. The summed E-state index contributed by atoms with van der Waals surface area (Å²) in [7, 11) is 0. The highest BCUT2D eigenvalue weighted by Crippen LogP contribution is 2.17. The Kier molecular flexibility index (Phi) is 4.19. The van der Waals surface area contributed by atoms with Gasteiger partial charge in [-0.2, -0.15) is 5.10 Å². The number of aromatic amines is 1. The van der Waals surface area contributed by atoms with Crippen LogP contribution < -0.4 is 0 Å². The van der Waals surface area contributed by atoms with E-state index < -0.39 is 23.2 Å². The smallest absolute Gasteiger partial charge is 0.224 e. The second kappa shape index (κ2) is 6.45. The minimum Gasteiger partial charge on any atom is -0.504 e. The Morgan fingerprint density at radius 3 is 2.79 bits per heavy atom. The molecule has 0 saturated heterocycles. The van der Waals surface area contributed by atoms with Crippen LogP contribution in [0.4, 0.5) is 8.78 Å². The van der Waals surface area contributed by atoms with E-state index >= 15 is 0 Å². The molecule has 24 heavy (non-hydrogen) atoms. The molecule has 2 N–H and O–H groups in total. The molecule has 0 aliphatic heterocycles. The van der Waals surface area contributed by atoms with Crippen LogP contribution in [0.15, 0.2) is 47.2 Å². The number of ketones is 1. The van der Waals surface area contributed by atoms with E-state index in [1.54, 1.807) is 6.07 Å². The van der Waals surface area contributed by atoms with Gasteiger partial charge in [0.25, 0.3) is 0 Å². The van der Waals surface area contributed by atoms with Crippen molar-refractivity contribution in [3.8, 4) is 0 Å². The molecule has 0 unspecified atom stereocenters. The number of allylic oxidation sites excluding steroid dienone is 1. The van der Waals surface area contributed by atoms with Crippen LogP contribution in [0.2, 0.25) is 0 Å². The number of H-pyrrole nitrogens is 1. The van der Waals surface area contributed by atoms with Gasteiger partial charge >= 0.3 is 0 Å². The third kappa shape index (κ3) is 3.37. The van der Waals surface area contributed by atoms with Crippen LogP contribution in [0.5, 0.6) is 0 Å². The van der Waals surface area contributed by atoms with Gasteiger partial charge in [0.05, 0.1) is 0 Å². The largest absolute Gasteiger partial charge is 0.504 e. The number of nitrogens with zero attached hydrogens (tertiary/aromatic N) is 2. The molecule has 0 aliphatic carbocycles. The number of carbonyl (C=O) groups is 1. The Morgan fingerprint density at radius 2 is 2.08 bits per heavy atom. The van der Waals surface area contributed by atoms with Crippen molar-refractivity contribution in [1.29, 1.82) is 0 Å². The maximum Gasteiger partial charge on any atom is 0.224 e. The highest BCUT2D eigenvalue weighted by Gasteiger charge is 2.13. The number of aliphatic hydroxyl groups excluding tert-OH is 1. The lowest BCUT2D eigenvalue weighted by molar-refractivity contribution is 0.101. The maximum absolute atomic E-state index is 13.2. The van der Waals surface area contributed by atoms with E-state index in [1.807, 2.05) is 0 Å². The topological polar surface area (TPSA) is 92.0 Å². The third-order valence-corrected chi connectivity index (χ3v) is 3.18. The quantitative estimate of drug-likeness (QED) is 0.426. The van der Waals surface area contributed by atoms with Crippen molar-refractivity contribution < 1.29 is 23.1 Å². The molecule has 2 aromatic heterocycles. The van der Waals surface area contributed by atoms with E-state index in [0.717, 1.165) is 18.2 Å². The second-order valence-electron chi connectivity index (χ2n) is 4.91. The SMILES string of the molecule is O=C(C=C(O)c1nc[nH]n1)c1ccc(Cc2ccc(F)c(F)c2)o1. The molecule has 8 heteroatoms. The van der Waals surface area contributed by atoms with E-state index in [1.165, 1.54) is 18.5 Å². The van der Waals surface area contributed by atoms with Crippen molar-refractivity contribution in [2.75, 3.05) is 0 Å². The minimum absolute atomic E-state index is 0.00494. The standard InChI is InChI=1S/C16H11F2N3O3/c17-11-3-1-9(6-12(11)18)5-10-2-4-15(24-10)13(22)7-14(23)16-19-8-20-21-16/h1-4,6-8,23H,5H2,(H,19,20,21). The molecule has 1 aromatic carbocycles. The fraction of sp³-hybridized carbons (Fsp3) is 0.0625. The lowest BCUT2D eigenvalue weighted by atomic mass is 10.1. The van der Waals surface area contributed by atoms with Gasteiger partial charge in [0.15, 0.2) is 23.2 Å². The minimum atomic E-state index is -0.949. The van der Waals surface area contributed by atoms with E-state index in [-0.39, 0.29) is 18.0 Å². The molecule has 3 aromatic rings. The summed E-state index contributed by atoms with van der Waals surface area (Å²) in [4.78, 5) is 15.7. The van der Waals surface area contributed by atoms with Gasteiger partial charge in [0.1, 0.15) is 12.1 Å². The maximum atomic E-state index is 13.2. The lowest BCUT2D eigenvalue weighted by Gasteiger charge is -1.99. The number of nitrogens with one attached hydrogen (secondary N) is 1. The van der Waals surface area contributed by atoms with Crippen LogP contribution in [0.25, 0.3) is 5.76 Å². The zero-order valence-corrected chi connectivity index (χ0v) is 12.2. The van der Waals surface area contributed by atoms with Crippen molar-refractivity contribution in [3.63, 3.8) is 0 Å². The highest BCUT2D eigenvalue weighted by atomic mass is 19.2. The Balaban J connectivity index is 1.74. The molecule has 0 fully saturated rings. The Labute approximate surface area is 134 Å². The molecule has 0 atom stereocenters. The first kappa shape index (κ1) is 15.6. The Bertz CT molecular complexity index is 901. The van der Waals surface area contributed by atoms with E-state index in [0.29, 0.717) is 11.3 Å². The van der Waals surface area contributed by atoms with Gasteiger partial charge in [0, 0.05) is 12.5 Å². The summed E-state index contributed by atoms with van der Waals surface area (Å²) >= 11 is 0. The van der Waals surface area contributed by atoms with Gasteiger partial charge in [-0.1, -0.05) is 6.07 Å². The number of furan rings is 1. The summed E-state index contributed by atoms with van der Waals surface area (Å²) in [6.07, 6.45) is 2.39. The number of halogens is 2. The molecule has 0 aliphatic rings. The summed E-state index contributed by atoms with van der Waals surface area (Å²) < 4.78 is 31.5. The monoisotopic (exact) mass is 331 g/mol. The molecule has 0 radical (unpaired) electrons. The average Bonchev–Trinajstić information content (AvgIpc) is 3.22. The molecule has 3 rings (SSSR count). The number of aliphatic hydroxyl groups is 1. The van der Waals surface area contributed by atoms with E-state index in [4.69, 9.17) is 4.42 Å². The van der Waals surface area contributed by atoms with Crippen LogP contribution in [-0.4, -0.2) is 26.1 Å². The normalized spacial score (nSPS) is 11.7. The van der Waals surface area contributed by atoms with Gasteiger partial charge < -0.3 is 9.52 Å². The summed E-state index contributed by atoms with van der Waals surface area (Å²) in [5.41, 5.74) is 0.501. The van der Waals surface area contributed by atoms with Crippen LogP contribution in [0.3, 0.4) is 0 Å². The molecular weight excluding hydrogens is 320 g/mol. The zero-order chi connectivity index (χ0) is 17.1. The number of aromatic nitrogens is 3. The number of benzene rings is 1. The number of hydrogen-bond acceptors (Lipinski definition) is 5. The molecule has 0 bridgehead atoms. The van der Waals surface area contributed by atoms with Crippen molar-refractivity contribution >= 4 is 11.5 Å². The number of hydrogen-bond donors (Lipinski definition) is 2. The lowest BCUT2D eigenvalue weighted by Crippen LogP contribution is -1.96. The predicted octanol–water partition coefficient (Wildman–Crippen LogP) is 3.05. The fourth-order valence-electron chi connectivity index (χ4n) is 2.05.